The molecule has 3 rings (SSSR count). The van der Waals surface area contributed by atoms with E-state index in [0.717, 1.165) is 12.8 Å². The molecule has 1 aliphatic carbocycles. The zero-order valence-electron chi connectivity index (χ0n) is 12.9. The van der Waals surface area contributed by atoms with Crippen molar-refractivity contribution in [2.45, 2.75) is 38.1 Å². The van der Waals surface area contributed by atoms with E-state index in [1.807, 2.05) is 11.9 Å². The van der Waals surface area contributed by atoms with Gasteiger partial charge in [-0.15, -0.1) is 0 Å². The molecule has 1 saturated heterocycles. The number of carbonyl (C=O) groups excluding carboxylic acids is 1. The Labute approximate surface area is 132 Å². The maximum absolute atomic E-state index is 12.6. The number of benzene rings is 1. The highest BCUT2D eigenvalue weighted by Gasteiger charge is 2.29. The molecule has 1 aromatic rings. The second kappa shape index (κ2) is 5.91. The van der Waals surface area contributed by atoms with E-state index < -0.39 is 10.0 Å². The Morgan fingerprint density at radius 1 is 1.23 bits per heavy atom. The molecule has 22 heavy (non-hydrogen) atoms. The van der Waals surface area contributed by atoms with Crippen molar-refractivity contribution in [2.24, 2.45) is 0 Å². The van der Waals surface area contributed by atoms with Crippen molar-refractivity contribution < 1.29 is 13.2 Å². The smallest absolute Gasteiger partial charge is 0.253 e. The van der Waals surface area contributed by atoms with Crippen molar-refractivity contribution in [3.05, 3.63) is 29.8 Å². The van der Waals surface area contributed by atoms with Crippen LogP contribution in [0.2, 0.25) is 0 Å². The quantitative estimate of drug-likeness (QED) is 0.857. The molecule has 120 valence electrons. The Morgan fingerprint density at radius 3 is 2.59 bits per heavy atom. The lowest BCUT2D eigenvalue weighted by atomic mass is 10.1. The molecule has 0 spiro atoms. The number of hydrogen-bond acceptors (Lipinski definition) is 3. The molecule has 1 aliphatic heterocycles. The summed E-state index contributed by atoms with van der Waals surface area (Å²) in [6, 6.07) is 7.30. The number of amides is 1. The molecule has 0 radical (unpaired) electrons. The summed E-state index contributed by atoms with van der Waals surface area (Å²) in [5, 5.41) is 0. The average Bonchev–Trinajstić information content (AvgIpc) is 3.15. The van der Waals surface area contributed by atoms with Gasteiger partial charge in [0.1, 0.15) is 0 Å². The Balaban J connectivity index is 1.83. The molecule has 0 unspecified atom stereocenters. The minimum Gasteiger partial charge on any atom is -0.339 e. The van der Waals surface area contributed by atoms with Crippen molar-refractivity contribution in [2.75, 3.05) is 23.7 Å². The van der Waals surface area contributed by atoms with Gasteiger partial charge in [0.2, 0.25) is 10.0 Å². The molecular formula is C16H22N2O3S. The van der Waals surface area contributed by atoms with Crippen LogP contribution in [-0.4, -0.2) is 44.6 Å². The van der Waals surface area contributed by atoms with Crippen LogP contribution in [0.25, 0.3) is 0 Å². The van der Waals surface area contributed by atoms with Gasteiger partial charge in [-0.1, -0.05) is 18.9 Å². The summed E-state index contributed by atoms with van der Waals surface area (Å²) in [4.78, 5) is 14.4. The molecule has 5 nitrogen and oxygen atoms in total. The minimum absolute atomic E-state index is 0.0228. The third kappa shape index (κ3) is 2.84. The normalized spacial score (nSPS) is 21.2. The van der Waals surface area contributed by atoms with Crippen LogP contribution in [0.4, 0.5) is 5.69 Å². The molecule has 1 amide bonds. The van der Waals surface area contributed by atoms with E-state index in [0.29, 0.717) is 30.3 Å². The first-order valence-electron chi connectivity index (χ1n) is 7.87. The monoisotopic (exact) mass is 322 g/mol. The molecule has 1 saturated carbocycles. The lowest BCUT2D eigenvalue weighted by molar-refractivity contribution is 0.0735. The van der Waals surface area contributed by atoms with Gasteiger partial charge in [-0.2, -0.15) is 0 Å². The fraction of sp³-hybridized carbons (Fsp3) is 0.562. The third-order valence-corrected chi connectivity index (χ3v) is 6.54. The molecular weight excluding hydrogens is 300 g/mol. The molecule has 0 aromatic heterocycles. The zero-order valence-corrected chi connectivity index (χ0v) is 13.7. The van der Waals surface area contributed by atoms with Crippen molar-refractivity contribution in [3.8, 4) is 0 Å². The van der Waals surface area contributed by atoms with Crippen LogP contribution in [0.5, 0.6) is 0 Å². The van der Waals surface area contributed by atoms with E-state index in [9.17, 15) is 13.2 Å². The lowest BCUT2D eigenvalue weighted by Crippen LogP contribution is -2.35. The summed E-state index contributed by atoms with van der Waals surface area (Å²) in [5.41, 5.74) is 1.16. The van der Waals surface area contributed by atoms with Gasteiger partial charge in [0.15, 0.2) is 0 Å². The molecule has 2 aliphatic rings. The Kier molecular flexibility index (Phi) is 4.12. The number of sulfonamides is 1. The molecule has 1 heterocycles. The lowest BCUT2D eigenvalue weighted by Gasteiger charge is -2.25. The largest absolute Gasteiger partial charge is 0.339 e. The van der Waals surface area contributed by atoms with Crippen LogP contribution in [0.3, 0.4) is 0 Å². The third-order valence-electron chi connectivity index (χ3n) is 4.67. The van der Waals surface area contributed by atoms with Gasteiger partial charge in [0.05, 0.1) is 11.4 Å². The maximum Gasteiger partial charge on any atom is 0.253 e. The number of nitrogens with zero attached hydrogens (tertiary/aromatic N) is 2. The van der Waals surface area contributed by atoms with E-state index >= 15 is 0 Å². The number of anilines is 1. The fourth-order valence-electron chi connectivity index (χ4n) is 3.38. The second-order valence-electron chi connectivity index (χ2n) is 6.15. The highest BCUT2D eigenvalue weighted by Crippen LogP contribution is 2.27. The zero-order chi connectivity index (χ0) is 15.7. The Morgan fingerprint density at radius 2 is 1.95 bits per heavy atom. The van der Waals surface area contributed by atoms with Crippen molar-refractivity contribution in [1.82, 2.24) is 4.90 Å². The van der Waals surface area contributed by atoms with Crippen LogP contribution >= 0.6 is 0 Å². The van der Waals surface area contributed by atoms with Gasteiger partial charge in [-0.05, 0) is 37.5 Å². The number of carbonyl (C=O) groups is 1. The van der Waals surface area contributed by atoms with E-state index in [1.165, 1.54) is 17.1 Å². The number of hydrogen-bond donors (Lipinski definition) is 0. The van der Waals surface area contributed by atoms with Gasteiger partial charge in [0, 0.05) is 25.2 Å². The van der Waals surface area contributed by atoms with E-state index in [1.54, 1.807) is 24.3 Å². The first kappa shape index (κ1) is 15.3. The Hall–Kier alpha value is -1.56. The topological polar surface area (TPSA) is 57.7 Å². The predicted octanol–water partition coefficient (Wildman–Crippen LogP) is 2.24. The van der Waals surface area contributed by atoms with Gasteiger partial charge in [-0.3, -0.25) is 9.10 Å². The van der Waals surface area contributed by atoms with Crippen molar-refractivity contribution >= 4 is 21.6 Å². The predicted molar refractivity (Wildman–Crippen MR) is 86.5 cm³/mol. The van der Waals surface area contributed by atoms with Gasteiger partial charge < -0.3 is 4.90 Å². The minimum atomic E-state index is -3.21. The summed E-state index contributed by atoms with van der Waals surface area (Å²) < 4.78 is 25.4. The maximum atomic E-state index is 12.6. The molecule has 2 fully saturated rings. The SMILES string of the molecule is CN(C(=O)c1cccc(N2CCCS2(=O)=O)c1)C1CCCC1. The van der Waals surface area contributed by atoms with Gasteiger partial charge in [0.25, 0.3) is 5.91 Å². The van der Waals surface area contributed by atoms with E-state index in [2.05, 4.69) is 0 Å². The summed E-state index contributed by atoms with van der Waals surface area (Å²) in [6.07, 6.45) is 5.11. The fourth-order valence-corrected chi connectivity index (χ4v) is 4.94. The standard InChI is InChI=1S/C16H22N2O3S/c1-17(14-7-2-3-8-14)16(19)13-6-4-9-15(12-13)18-10-5-11-22(18,20)21/h4,6,9,12,14H,2-3,5,7-8,10-11H2,1H3. The second-order valence-corrected chi connectivity index (χ2v) is 8.16. The molecule has 0 bridgehead atoms. The first-order chi connectivity index (χ1) is 10.5. The highest BCUT2D eigenvalue weighted by atomic mass is 32.2. The molecule has 1 aromatic carbocycles. The van der Waals surface area contributed by atoms with Crippen LogP contribution in [0.1, 0.15) is 42.5 Å². The summed E-state index contributed by atoms with van der Waals surface area (Å²) >= 11 is 0. The highest BCUT2D eigenvalue weighted by molar-refractivity contribution is 7.93. The summed E-state index contributed by atoms with van der Waals surface area (Å²) in [6.45, 7) is 0.498. The van der Waals surface area contributed by atoms with Crippen LogP contribution in [-0.2, 0) is 10.0 Å². The van der Waals surface area contributed by atoms with Crippen molar-refractivity contribution in [1.29, 1.82) is 0 Å². The van der Waals surface area contributed by atoms with Crippen LogP contribution in [0, 0.1) is 0 Å². The molecule has 6 heteroatoms. The average molecular weight is 322 g/mol. The van der Waals surface area contributed by atoms with E-state index in [-0.39, 0.29) is 11.7 Å². The van der Waals surface area contributed by atoms with Crippen molar-refractivity contribution in [3.63, 3.8) is 0 Å². The van der Waals surface area contributed by atoms with Gasteiger partial charge in [-0.25, -0.2) is 8.42 Å². The Bertz CT molecular complexity index is 666. The van der Waals surface area contributed by atoms with Gasteiger partial charge >= 0.3 is 0 Å². The molecule has 0 atom stereocenters. The van der Waals surface area contributed by atoms with Crippen LogP contribution in [0.15, 0.2) is 24.3 Å². The summed E-state index contributed by atoms with van der Waals surface area (Å²) in [5.74, 6) is 0.165. The van der Waals surface area contributed by atoms with Crippen LogP contribution < -0.4 is 4.31 Å². The molecule has 0 N–H and O–H groups in total. The van der Waals surface area contributed by atoms with E-state index in [4.69, 9.17) is 0 Å². The number of rotatable bonds is 3. The first-order valence-corrected chi connectivity index (χ1v) is 9.47. The summed E-state index contributed by atoms with van der Waals surface area (Å²) in [7, 11) is -1.37.